The Morgan fingerprint density at radius 1 is 1.29 bits per heavy atom. The van der Waals surface area contributed by atoms with Crippen molar-refractivity contribution in [1.82, 2.24) is 9.80 Å². The number of rotatable bonds is 3. The van der Waals surface area contributed by atoms with E-state index in [2.05, 4.69) is 11.8 Å². The van der Waals surface area contributed by atoms with Crippen LogP contribution in [0.5, 0.6) is 0 Å². The second kappa shape index (κ2) is 5.83. The molecule has 1 N–H and O–H groups in total. The molecular formula is C13H24N2O2. The predicted octanol–water partition coefficient (Wildman–Crippen LogP) is 0.702. The van der Waals surface area contributed by atoms with Crippen molar-refractivity contribution >= 4 is 5.91 Å². The Bertz CT molecular complexity index is 270. The summed E-state index contributed by atoms with van der Waals surface area (Å²) in [6.07, 6.45) is 4.57. The standard InChI is InChI=1S/C13H24N2O2/c1-11-4-2-3-6-15(11)13(17)9-14-7-5-12(8-14)10-16/h11-12,16H,2-10H2,1H3/t11-,12+/m0/s1. The zero-order valence-corrected chi connectivity index (χ0v) is 10.8. The van der Waals surface area contributed by atoms with E-state index in [0.717, 1.165) is 38.9 Å². The minimum atomic E-state index is 0.255. The maximum Gasteiger partial charge on any atom is 0.236 e. The molecule has 2 fully saturated rings. The number of carbonyl (C=O) groups excluding carboxylic acids is 1. The second-order valence-electron chi connectivity index (χ2n) is 5.50. The van der Waals surface area contributed by atoms with Gasteiger partial charge in [0, 0.05) is 25.7 Å². The number of likely N-dealkylation sites (tertiary alicyclic amines) is 2. The third kappa shape index (κ3) is 3.19. The molecule has 0 aromatic rings. The van der Waals surface area contributed by atoms with Crippen LogP contribution in [0.15, 0.2) is 0 Å². The lowest BCUT2D eigenvalue weighted by atomic mass is 10.0. The van der Waals surface area contributed by atoms with Crippen LogP contribution in [0.2, 0.25) is 0 Å². The van der Waals surface area contributed by atoms with Crippen molar-refractivity contribution in [2.24, 2.45) is 5.92 Å². The third-order valence-electron chi connectivity index (χ3n) is 4.11. The topological polar surface area (TPSA) is 43.8 Å². The van der Waals surface area contributed by atoms with Crippen LogP contribution < -0.4 is 0 Å². The summed E-state index contributed by atoms with van der Waals surface area (Å²) in [6.45, 7) is 5.71. The van der Waals surface area contributed by atoms with Gasteiger partial charge in [0.15, 0.2) is 0 Å². The molecule has 1 amide bonds. The molecule has 0 radical (unpaired) electrons. The fourth-order valence-corrected chi connectivity index (χ4v) is 2.96. The van der Waals surface area contributed by atoms with Crippen LogP contribution in [0, 0.1) is 5.92 Å². The average Bonchev–Trinajstić information content (AvgIpc) is 2.77. The molecule has 2 heterocycles. The van der Waals surface area contributed by atoms with Gasteiger partial charge in [-0.2, -0.15) is 0 Å². The molecule has 0 aromatic heterocycles. The van der Waals surface area contributed by atoms with Crippen molar-refractivity contribution in [2.45, 2.75) is 38.6 Å². The quantitative estimate of drug-likeness (QED) is 0.790. The summed E-state index contributed by atoms with van der Waals surface area (Å²) in [5, 5.41) is 9.09. The van der Waals surface area contributed by atoms with Gasteiger partial charge in [0.05, 0.1) is 6.54 Å². The fraction of sp³-hybridized carbons (Fsp3) is 0.923. The van der Waals surface area contributed by atoms with Crippen molar-refractivity contribution in [2.75, 3.05) is 32.8 Å². The van der Waals surface area contributed by atoms with E-state index in [9.17, 15) is 4.79 Å². The number of hydrogen-bond donors (Lipinski definition) is 1. The average molecular weight is 240 g/mol. The van der Waals surface area contributed by atoms with E-state index in [4.69, 9.17) is 5.11 Å². The zero-order valence-electron chi connectivity index (χ0n) is 10.8. The molecule has 0 bridgehead atoms. The molecule has 0 aliphatic carbocycles. The zero-order chi connectivity index (χ0) is 12.3. The Hall–Kier alpha value is -0.610. The first kappa shape index (κ1) is 12.8. The highest BCUT2D eigenvalue weighted by Crippen LogP contribution is 2.19. The predicted molar refractivity (Wildman–Crippen MR) is 66.7 cm³/mol. The summed E-state index contributed by atoms with van der Waals surface area (Å²) >= 11 is 0. The highest BCUT2D eigenvalue weighted by atomic mass is 16.3. The number of hydrogen-bond acceptors (Lipinski definition) is 3. The normalized spacial score (nSPS) is 30.8. The number of aliphatic hydroxyl groups is 1. The highest BCUT2D eigenvalue weighted by Gasteiger charge is 2.28. The van der Waals surface area contributed by atoms with E-state index in [-0.39, 0.29) is 12.5 Å². The first-order valence-electron chi connectivity index (χ1n) is 6.83. The van der Waals surface area contributed by atoms with Gasteiger partial charge < -0.3 is 10.0 Å². The maximum atomic E-state index is 12.2. The largest absolute Gasteiger partial charge is 0.396 e. The van der Waals surface area contributed by atoms with Gasteiger partial charge in [0.25, 0.3) is 0 Å². The summed E-state index contributed by atoms with van der Waals surface area (Å²) in [5.41, 5.74) is 0. The summed E-state index contributed by atoms with van der Waals surface area (Å²) in [7, 11) is 0. The third-order valence-corrected chi connectivity index (χ3v) is 4.11. The molecule has 2 atom stereocenters. The van der Waals surface area contributed by atoms with Crippen LogP contribution >= 0.6 is 0 Å². The van der Waals surface area contributed by atoms with Gasteiger partial charge >= 0.3 is 0 Å². The Morgan fingerprint density at radius 2 is 2.12 bits per heavy atom. The highest BCUT2D eigenvalue weighted by molar-refractivity contribution is 5.78. The molecular weight excluding hydrogens is 216 g/mol. The number of nitrogens with zero attached hydrogens (tertiary/aromatic N) is 2. The van der Waals surface area contributed by atoms with E-state index in [1.807, 2.05) is 4.90 Å². The van der Waals surface area contributed by atoms with Gasteiger partial charge in [-0.25, -0.2) is 0 Å². The van der Waals surface area contributed by atoms with E-state index in [0.29, 0.717) is 18.5 Å². The number of piperidine rings is 1. The number of amides is 1. The molecule has 2 aliphatic rings. The summed E-state index contributed by atoms with van der Waals surface area (Å²) in [4.78, 5) is 16.4. The lowest BCUT2D eigenvalue weighted by Crippen LogP contribution is -2.46. The monoisotopic (exact) mass is 240 g/mol. The molecule has 2 rings (SSSR count). The van der Waals surface area contributed by atoms with Crippen molar-refractivity contribution < 1.29 is 9.90 Å². The molecule has 4 heteroatoms. The molecule has 0 aromatic carbocycles. The van der Waals surface area contributed by atoms with Gasteiger partial charge in [-0.15, -0.1) is 0 Å². The minimum absolute atomic E-state index is 0.255. The molecule has 98 valence electrons. The van der Waals surface area contributed by atoms with Crippen LogP contribution in [-0.4, -0.2) is 59.6 Å². The minimum Gasteiger partial charge on any atom is -0.396 e. The molecule has 0 spiro atoms. The van der Waals surface area contributed by atoms with Crippen molar-refractivity contribution in [3.05, 3.63) is 0 Å². The lowest BCUT2D eigenvalue weighted by molar-refractivity contribution is -0.135. The molecule has 0 saturated carbocycles. The van der Waals surface area contributed by atoms with Gasteiger partial charge in [-0.3, -0.25) is 9.69 Å². The number of aliphatic hydroxyl groups excluding tert-OH is 1. The van der Waals surface area contributed by atoms with Crippen LogP contribution in [0.4, 0.5) is 0 Å². The Labute approximate surface area is 104 Å². The Kier molecular flexibility index (Phi) is 4.40. The maximum absolute atomic E-state index is 12.2. The lowest BCUT2D eigenvalue weighted by Gasteiger charge is -2.34. The van der Waals surface area contributed by atoms with E-state index >= 15 is 0 Å². The molecule has 4 nitrogen and oxygen atoms in total. The van der Waals surface area contributed by atoms with E-state index < -0.39 is 0 Å². The Balaban J connectivity index is 1.80. The Morgan fingerprint density at radius 3 is 2.76 bits per heavy atom. The van der Waals surface area contributed by atoms with E-state index in [1.54, 1.807) is 0 Å². The van der Waals surface area contributed by atoms with Gasteiger partial charge in [0.2, 0.25) is 5.91 Å². The van der Waals surface area contributed by atoms with Crippen LogP contribution in [0.1, 0.15) is 32.6 Å². The van der Waals surface area contributed by atoms with Gasteiger partial charge in [0.1, 0.15) is 0 Å². The van der Waals surface area contributed by atoms with Crippen molar-refractivity contribution in [1.29, 1.82) is 0 Å². The van der Waals surface area contributed by atoms with Crippen LogP contribution in [0.3, 0.4) is 0 Å². The smallest absolute Gasteiger partial charge is 0.236 e. The first-order chi connectivity index (χ1) is 8.20. The van der Waals surface area contributed by atoms with Crippen LogP contribution in [-0.2, 0) is 4.79 Å². The van der Waals surface area contributed by atoms with Gasteiger partial charge in [-0.05, 0) is 45.1 Å². The van der Waals surface area contributed by atoms with E-state index in [1.165, 1.54) is 6.42 Å². The summed E-state index contributed by atoms with van der Waals surface area (Å²) < 4.78 is 0. The molecule has 0 unspecified atom stereocenters. The molecule has 2 saturated heterocycles. The van der Waals surface area contributed by atoms with Crippen LogP contribution in [0.25, 0.3) is 0 Å². The summed E-state index contributed by atoms with van der Waals surface area (Å²) in [5.74, 6) is 0.650. The van der Waals surface area contributed by atoms with Gasteiger partial charge in [-0.1, -0.05) is 0 Å². The molecule has 17 heavy (non-hydrogen) atoms. The number of carbonyl (C=O) groups is 1. The second-order valence-corrected chi connectivity index (χ2v) is 5.50. The SMILES string of the molecule is C[C@H]1CCCCN1C(=O)CN1CC[C@@H](CO)C1. The first-order valence-corrected chi connectivity index (χ1v) is 6.83. The molecule has 2 aliphatic heterocycles. The van der Waals surface area contributed by atoms with Crippen molar-refractivity contribution in [3.63, 3.8) is 0 Å². The van der Waals surface area contributed by atoms with Crippen molar-refractivity contribution in [3.8, 4) is 0 Å². The fourth-order valence-electron chi connectivity index (χ4n) is 2.96. The summed E-state index contributed by atoms with van der Waals surface area (Å²) in [6, 6.07) is 0.410.